The zero-order valence-electron chi connectivity index (χ0n) is 14.5. The molecule has 0 aliphatic carbocycles. The van der Waals surface area contributed by atoms with Crippen molar-refractivity contribution in [3.63, 3.8) is 0 Å². The van der Waals surface area contributed by atoms with Crippen LogP contribution >= 0.6 is 0 Å². The van der Waals surface area contributed by atoms with Crippen molar-refractivity contribution in [3.05, 3.63) is 36.2 Å². The molecule has 4 rings (SSSR count). The van der Waals surface area contributed by atoms with E-state index in [2.05, 4.69) is 20.9 Å². The Morgan fingerprint density at radius 3 is 2.81 bits per heavy atom. The molecule has 8 heteroatoms. The van der Waals surface area contributed by atoms with Crippen molar-refractivity contribution in [1.82, 2.24) is 20.3 Å². The Morgan fingerprint density at radius 2 is 2.04 bits per heavy atom. The number of carbonyl (C=O) groups excluding carboxylic acids is 2. The first-order chi connectivity index (χ1) is 12.7. The molecule has 26 heavy (non-hydrogen) atoms. The zero-order valence-corrected chi connectivity index (χ0v) is 14.5. The molecule has 0 saturated carbocycles. The number of hydrogen-bond acceptors (Lipinski definition) is 5. The number of carbonyl (C=O) groups is 2. The molecule has 136 valence electrons. The quantitative estimate of drug-likeness (QED) is 0.870. The van der Waals surface area contributed by atoms with E-state index in [0.29, 0.717) is 18.7 Å². The van der Waals surface area contributed by atoms with Crippen LogP contribution < -0.4 is 15.5 Å². The first-order valence-corrected chi connectivity index (χ1v) is 9.05. The van der Waals surface area contributed by atoms with E-state index >= 15 is 0 Å². The Bertz CT molecular complexity index is 812. The van der Waals surface area contributed by atoms with Gasteiger partial charge in [0.1, 0.15) is 0 Å². The number of benzene rings is 1. The number of para-hydroxylation sites is 2. The molecule has 2 amide bonds. The number of nitrogens with one attached hydrogen (secondary N) is 2. The lowest BCUT2D eigenvalue weighted by atomic mass is 10.1. The average Bonchev–Trinajstić information content (AvgIpc) is 3.32. The monoisotopic (exact) mass is 354 g/mol. The van der Waals surface area contributed by atoms with Crippen molar-refractivity contribution in [1.29, 1.82) is 0 Å². The summed E-state index contributed by atoms with van der Waals surface area (Å²) in [6.45, 7) is 2.57. The van der Waals surface area contributed by atoms with Gasteiger partial charge < -0.3 is 15.5 Å². The third kappa shape index (κ3) is 3.32. The van der Waals surface area contributed by atoms with Crippen LogP contribution in [-0.2, 0) is 4.79 Å². The van der Waals surface area contributed by atoms with E-state index in [1.54, 1.807) is 21.8 Å². The average molecular weight is 354 g/mol. The smallest absolute Gasteiger partial charge is 0.277 e. The third-order valence-electron chi connectivity index (χ3n) is 4.94. The number of nitrogens with zero attached hydrogens (tertiary/aromatic N) is 4. The molecule has 2 N–H and O–H groups in total. The summed E-state index contributed by atoms with van der Waals surface area (Å²) < 4.78 is 1.78. The summed E-state index contributed by atoms with van der Waals surface area (Å²) in [6, 6.07) is 7.64. The number of rotatable bonds is 4. The highest BCUT2D eigenvalue weighted by molar-refractivity contribution is 6.07. The highest BCUT2D eigenvalue weighted by atomic mass is 16.2. The maximum Gasteiger partial charge on any atom is 0.277 e. The SMILES string of the molecule is O=C(Nc1ccccc1N1CCCC1=O)c1cn(C2CCNCC2)nn1. The molecule has 1 aromatic heterocycles. The molecule has 2 aliphatic heterocycles. The van der Waals surface area contributed by atoms with Gasteiger partial charge >= 0.3 is 0 Å². The lowest BCUT2D eigenvalue weighted by Crippen LogP contribution is -2.29. The van der Waals surface area contributed by atoms with Crippen LogP contribution in [0.4, 0.5) is 11.4 Å². The number of hydrogen-bond donors (Lipinski definition) is 2. The van der Waals surface area contributed by atoms with Crippen LogP contribution in [0.1, 0.15) is 42.2 Å². The predicted octanol–water partition coefficient (Wildman–Crippen LogP) is 1.58. The molecule has 3 heterocycles. The summed E-state index contributed by atoms with van der Waals surface area (Å²) in [5.74, 6) is -0.229. The Labute approximate surface area is 151 Å². The molecule has 8 nitrogen and oxygen atoms in total. The minimum absolute atomic E-state index is 0.0866. The Hall–Kier alpha value is -2.74. The van der Waals surface area contributed by atoms with Crippen molar-refractivity contribution in [2.45, 2.75) is 31.7 Å². The van der Waals surface area contributed by atoms with Gasteiger partial charge in [-0.2, -0.15) is 0 Å². The number of aromatic nitrogens is 3. The van der Waals surface area contributed by atoms with E-state index in [0.717, 1.165) is 38.0 Å². The highest BCUT2D eigenvalue weighted by Gasteiger charge is 2.25. The van der Waals surface area contributed by atoms with Gasteiger partial charge in [0.15, 0.2) is 5.69 Å². The second-order valence-corrected chi connectivity index (χ2v) is 6.69. The molecule has 2 saturated heterocycles. The van der Waals surface area contributed by atoms with Gasteiger partial charge in [0.05, 0.1) is 23.6 Å². The van der Waals surface area contributed by atoms with Gasteiger partial charge in [0.25, 0.3) is 5.91 Å². The molecule has 1 aromatic carbocycles. The van der Waals surface area contributed by atoms with Gasteiger partial charge in [-0.1, -0.05) is 17.3 Å². The van der Waals surface area contributed by atoms with Gasteiger partial charge in [-0.15, -0.1) is 5.10 Å². The summed E-state index contributed by atoms with van der Waals surface area (Å²) in [5, 5.41) is 14.3. The van der Waals surface area contributed by atoms with Crippen LogP contribution in [0.5, 0.6) is 0 Å². The van der Waals surface area contributed by atoms with Crippen LogP contribution in [0.25, 0.3) is 0 Å². The number of piperidine rings is 1. The van der Waals surface area contributed by atoms with E-state index in [9.17, 15) is 9.59 Å². The number of anilines is 2. The van der Waals surface area contributed by atoms with Gasteiger partial charge in [-0.05, 0) is 44.5 Å². The van der Waals surface area contributed by atoms with Crippen molar-refractivity contribution >= 4 is 23.2 Å². The molecule has 2 aromatic rings. The lowest BCUT2D eigenvalue weighted by molar-refractivity contribution is -0.117. The highest BCUT2D eigenvalue weighted by Crippen LogP contribution is 2.29. The first-order valence-electron chi connectivity index (χ1n) is 9.05. The van der Waals surface area contributed by atoms with Gasteiger partial charge in [0, 0.05) is 13.0 Å². The fourth-order valence-corrected chi connectivity index (χ4v) is 3.53. The molecular formula is C18H22N6O2. The van der Waals surface area contributed by atoms with Gasteiger partial charge in [0.2, 0.25) is 5.91 Å². The van der Waals surface area contributed by atoms with Crippen molar-refractivity contribution < 1.29 is 9.59 Å². The largest absolute Gasteiger partial charge is 0.319 e. The van der Waals surface area contributed by atoms with Crippen LogP contribution in [0.3, 0.4) is 0 Å². The lowest BCUT2D eigenvalue weighted by Gasteiger charge is -2.22. The molecule has 2 fully saturated rings. The molecule has 0 unspecified atom stereocenters. The van der Waals surface area contributed by atoms with E-state index in [1.807, 2.05) is 18.2 Å². The minimum Gasteiger partial charge on any atom is -0.319 e. The molecule has 0 radical (unpaired) electrons. The second-order valence-electron chi connectivity index (χ2n) is 6.69. The van der Waals surface area contributed by atoms with E-state index in [4.69, 9.17) is 0 Å². The molecule has 0 spiro atoms. The standard InChI is InChI=1S/C18H22N6O2/c25-17-6-3-11-23(17)16-5-2-1-4-14(16)20-18(26)15-12-24(22-21-15)13-7-9-19-10-8-13/h1-2,4-5,12-13,19H,3,6-11H2,(H,20,26). The molecule has 2 aliphatic rings. The van der Waals surface area contributed by atoms with Crippen LogP contribution in [0, 0.1) is 0 Å². The Kier molecular flexibility index (Phi) is 4.66. The van der Waals surface area contributed by atoms with E-state index in [-0.39, 0.29) is 23.6 Å². The Morgan fingerprint density at radius 1 is 1.23 bits per heavy atom. The minimum atomic E-state index is -0.315. The summed E-state index contributed by atoms with van der Waals surface area (Å²) in [7, 11) is 0. The summed E-state index contributed by atoms with van der Waals surface area (Å²) >= 11 is 0. The van der Waals surface area contributed by atoms with E-state index < -0.39 is 0 Å². The van der Waals surface area contributed by atoms with E-state index in [1.165, 1.54) is 0 Å². The van der Waals surface area contributed by atoms with Crippen LogP contribution in [0.15, 0.2) is 30.5 Å². The van der Waals surface area contributed by atoms with Crippen LogP contribution in [0.2, 0.25) is 0 Å². The summed E-state index contributed by atoms with van der Waals surface area (Å²) in [5.41, 5.74) is 1.63. The number of amides is 2. The van der Waals surface area contributed by atoms with Crippen LogP contribution in [-0.4, -0.2) is 46.4 Å². The van der Waals surface area contributed by atoms with Crippen molar-refractivity contribution in [2.75, 3.05) is 29.9 Å². The van der Waals surface area contributed by atoms with Crippen molar-refractivity contribution in [3.8, 4) is 0 Å². The normalized spacial score (nSPS) is 18.3. The predicted molar refractivity (Wildman–Crippen MR) is 97.1 cm³/mol. The van der Waals surface area contributed by atoms with Gasteiger partial charge in [-0.25, -0.2) is 4.68 Å². The first kappa shape index (κ1) is 16.7. The van der Waals surface area contributed by atoms with Gasteiger partial charge in [-0.3, -0.25) is 9.59 Å². The molecular weight excluding hydrogens is 332 g/mol. The third-order valence-corrected chi connectivity index (χ3v) is 4.94. The Balaban J connectivity index is 1.50. The molecule has 0 bridgehead atoms. The summed E-state index contributed by atoms with van der Waals surface area (Å²) in [4.78, 5) is 26.4. The summed E-state index contributed by atoms with van der Waals surface area (Å²) in [6.07, 6.45) is 5.04. The topological polar surface area (TPSA) is 92.2 Å². The fourth-order valence-electron chi connectivity index (χ4n) is 3.53. The molecule has 0 atom stereocenters. The zero-order chi connectivity index (χ0) is 17.9. The maximum atomic E-state index is 12.6. The van der Waals surface area contributed by atoms with Crippen molar-refractivity contribution in [2.24, 2.45) is 0 Å². The fraction of sp³-hybridized carbons (Fsp3) is 0.444. The second kappa shape index (κ2) is 7.25. The maximum absolute atomic E-state index is 12.6.